The summed E-state index contributed by atoms with van der Waals surface area (Å²) in [7, 11) is 0. The predicted molar refractivity (Wildman–Crippen MR) is 107 cm³/mol. The van der Waals surface area contributed by atoms with Crippen molar-refractivity contribution in [2.45, 2.75) is 18.3 Å². The molecule has 5 nitrogen and oxygen atoms in total. The van der Waals surface area contributed by atoms with Gasteiger partial charge in [-0.1, -0.05) is 60.7 Å². The van der Waals surface area contributed by atoms with E-state index in [2.05, 4.69) is 47.8 Å². The van der Waals surface area contributed by atoms with E-state index >= 15 is 0 Å². The lowest BCUT2D eigenvalue weighted by atomic mass is 9.51. The molecule has 140 valence electrons. The molecule has 1 N–H and O–H groups in total. The molecule has 4 aliphatic rings. The van der Waals surface area contributed by atoms with Crippen molar-refractivity contribution in [1.29, 1.82) is 0 Å². The molecule has 6 rings (SSSR count). The van der Waals surface area contributed by atoms with Crippen molar-refractivity contribution < 1.29 is 9.72 Å². The molecule has 2 aromatic carbocycles. The lowest BCUT2D eigenvalue weighted by molar-refractivity contribution is -0.383. The second kappa shape index (κ2) is 6.44. The minimum atomic E-state index is -0.456. The standard InChI is InChI=1S/C23H20N2O3/c26-23(24-20-11-5-6-12-21(20)25(27)28)19-13-18-14-7-1-3-9-16(14)22(19)17-10-4-2-8-15(17)18/h1-12,14,16,18-19,22H,13H2,(H,24,26)/t14-,16-,18+,19+,22+/m0/s1. The van der Waals surface area contributed by atoms with Crippen LogP contribution in [-0.2, 0) is 4.79 Å². The normalized spacial score (nSPS) is 29.1. The first-order valence-electron chi connectivity index (χ1n) is 9.63. The number of fused-ring (bicyclic) bond motifs is 1. The van der Waals surface area contributed by atoms with Crippen molar-refractivity contribution >= 4 is 17.3 Å². The summed E-state index contributed by atoms with van der Waals surface area (Å²) in [4.78, 5) is 24.1. The number of anilines is 1. The average Bonchev–Trinajstić information content (AvgIpc) is 2.74. The van der Waals surface area contributed by atoms with Gasteiger partial charge >= 0.3 is 0 Å². The number of hydrogen-bond acceptors (Lipinski definition) is 3. The number of nitro groups is 1. The Morgan fingerprint density at radius 3 is 2.43 bits per heavy atom. The molecule has 1 saturated carbocycles. The number of allylic oxidation sites excluding steroid dienone is 4. The topological polar surface area (TPSA) is 72.2 Å². The van der Waals surface area contributed by atoms with Crippen molar-refractivity contribution in [1.82, 2.24) is 0 Å². The van der Waals surface area contributed by atoms with Gasteiger partial charge in [0, 0.05) is 17.9 Å². The molecule has 0 aromatic heterocycles. The first-order valence-corrected chi connectivity index (χ1v) is 9.63. The Kier molecular flexibility index (Phi) is 3.90. The Labute approximate surface area is 162 Å². The Bertz CT molecular complexity index is 1030. The van der Waals surface area contributed by atoms with Crippen LogP contribution < -0.4 is 5.32 Å². The van der Waals surface area contributed by atoms with Crippen LogP contribution >= 0.6 is 0 Å². The maximum Gasteiger partial charge on any atom is 0.292 e. The molecule has 0 heterocycles. The van der Waals surface area contributed by atoms with Crippen molar-refractivity contribution in [3.63, 3.8) is 0 Å². The molecule has 1 amide bonds. The number of para-hydroxylation sites is 2. The van der Waals surface area contributed by atoms with Crippen molar-refractivity contribution in [2.24, 2.45) is 17.8 Å². The molecule has 2 aromatic rings. The monoisotopic (exact) mass is 372 g/mol. The first kappa shape index (κ1) is 16.9. The molecule has 0 aliphatic heterocycles. The number of nitrogens with one attached hydrogen (secondary N) is 1. The molecule has 0 spiro atoms. The number of carbonyl (C=O) groups is 1. The first-order chi connectivity index (χ1) is 13.6. The molecular formula is C23H20N2O3. The highest BCUT2D eigenvalue weighted by atomic mass is 16.6. The van der Waals surface area contributed by atoms with Crippen LogP contribution in [0.5, 0.6) is 0 Å². The van der Waals surface area contributed by atoms with E-state index in [1.165, 1.54) is 17.2 Å². The van der Waals surface area contributed by atoms with E-state index in [-0.39, 0.29) is 29.1 Å². The lowest BCUT2D eigenvalue weighted by Crippen LogP contribution is -2.46. The summed E-state index contributed by atoms with van der Waals surface area (Å²) in [5, 5.41) is 14.1. The fourth-order valence-electron chi connectivity index (χ4n) is 5.39. The summed E-state index contributed by atoms with van der Waals surface area (Å²) in [6, 6.07) is 14.8. The summed E-state index contributed by atoms with van der Waals surface area (Å²) in [5.41, 5.74) is 2.80. The SMILES string of the molecule is O=C(Nc1ccccc1[N+](=O)[O-])[C@@H]1C[C@H]2c3ccccc3[C@H]1[C@H]1C=CC=C[C@@H]12. The van der Waals surface area contributed by atoms with Crippen molar-refractivity contribution in [3.05, 3.63) is 94.1 Å². The van der Waals surface area contributed by atoms with Gasteiger partial charge in [0.05, 0.1) is 4.92 Å². The van der Waals surface area contributed by atoms with Crippen molar-refractivity contribution in [3.8, 4) is 0 Å². The van der Waals surface area contributed by atoms with Gasteiger partial charge in [0.15, 0.2) is 0 Å². The summed E-state index contributed by atoms with van der Waals surface area (Å²) in [6.45, 7) is 0. The molecule has 28 heavy (non-hydrogen) atoms. The van der Waals surface area contributed by atoms with E-state index in [0.717, 1.165) is 6.42 Å². The number of carbonyl (C=O) groups excluding carboxylic acids is 1. The summed E-state index contributed by atoms with van der Waals surface area (Å²) in [6.07, 6.45) is 9.44. The molecule has 2 bridgehead atoms. The highest BCUT2D eigenvalue weighted by Gasteiger charge is 2.52. The molecule has 5 atom stereocenters. The highest BCUT2D eigenvalue weighted by Crippen LogP contribution is 2.59. The van der Waals surface area contributed by atoms with Gasteiger partial charge in [-0.15, -0.1) is 0 Å². The number of hydrogen-bond donors (Lipinski definition) is 1. The van der Waals surface area contributed by atoms with Gasteiger partial charge < -0.3 is 5.32 Å². The van der Waals surface area contributed by atoms with Crippen LogP contribution in [-0.4, -0.2) is 10.8 Å². The Hall–Kier alpha value is -3.21. The third-order valence-electron chi connectivity index (χ3n) is 6.49. The van der Waals surface area contributed by atoms with Gasteiger partial charge in [0.1, 0.15) is 5.69 Å². The quantitative estimate of drug-likeness (QED) is 0.622. The van der Waals surface area contributed by atoms with E-state index in [0.29, 0.717) is 17.8 Å². The third kappa shape index (κ3) is 2.50. The van der Waals surface area contributed by atoms with Gasteiger partial charge in [-0.25, -0.2) is 0 Å². The van der Waals surface area contributed by atoms with E-state index in [9.17, 15) is 14.9 Å². The van der Waals surface area contributed by atoms with Gasteiger partial charge in [-0.3, -0.25) is 14.9 Å². The summed E-state index contributed by atoms with van der Waals surface area (Å²) >= 11 is 0. The van der Waals surface area contributed by atoms with Gasteiger partial charge in [-0.05, 0) is 41.4 Å². The zero-order valence-corrected chi connectivity index (χ0v) is 15.2. The number of amides is 1. The predicted octanol–water partition coefficient (Wildman–Crippen LogP) is 4.79. The Morgan fingerprint density at radius 2 is 1.64 bits per heavy atom. The molecule has 5 heteroatoms. The molecule has 1 fully saturated rings. The fourth-order valence-corrected chi connectivity index (χ4v) is 5.39. The largest absolute Gasteiger partial charge is 0.320 e. The second-order valence-electron chi connectivity index (χ2n) is 7.79. The maximum absolute atomic E-state index is 13.2. The van der Waals surface area contributed by atoms with Crippen LogP contribution in [0.3, 0.4) is 0 Å². The summed E-state index contributed by atoms with van der Waals surface area (Å²) < 4.78 is 0. The zero-order valence-electron chi connectivity index (χ0n) is 15.2. The van der Waals surface area contributed by atoms with Crippen LogP contribution in [0.25, 0.3) is 0 Å². The second-order valence-corrected chi connectivity index (χ2v) is 7.79. The zero-order chi connectivity index (χ0) is 19.3. The average molecular weight is 372 g/mol. The molecule has 0 radical (unpaired) electrons. The molecule has 0 unspecified atom stereocenters. The van der Waals surface area contributed by atoms with Gasteiger partial charge in [0.25, 0.3) is 5.69 Å². The fraction of sp³-hybridized carbons (Fsp3) is 0.261. The molecular weight excluding hydrogens is 352 g/mol. The van der Waals surface area contributed by atoms with Crippen LogP contribution in [0, 0.1) is 27.9 Å². The van der Waals surface area contributed by atoms with E-state index in [4.69, 9.17) is 0 Å². The van der Waals surface area contributed by atoms with Crippen LogP contribution in [0.4, 0.5) is 11.4 Å². The Morgan fingerprint density at radius 1 is 0.964 bits per heavy atom. The summed E-state index contributed by atoms with van der Waals surface area (Å²) in [5.74, 6) is 0.779. The van der Waals surface area contributed by atoms with E-state index in [1.807, 2.05) is 6.07 Å². The number of rotatable bonds is 3. The highest BCUT2D eigenvalue weighted by molar-refractivity contribution is 5.95. The van der Waals surface area contributed by atoms with E-state index < -0.39 is 4.92 Å². The van der Waals surface area contributed by atoms with E-state index in [1.54, 1.807) is 18.2 Å². The molecule has 4 aliphatic carbocycles. The van der Waals surface area contributed by atoms with Crippen LogP contribution in [0.15, 0.2) is 72.8 Å². The number of benzene rings is 2. The Balaban J connectivity index is 1.51. The van der Waals surface area contributed by atoms with Gasteiger partial charge in [-0.2, -0.15) is 0 Å². The minimum Gasteiger partial charge on any atom is -0.320 e. The van der Waals surface area contributed by atoms with Crippen LogP contribution in [0.1, 0.15) is 29.4 Å². The lowest BCUT2D eigenvalue weighted by Gasteiger charge is -2.52. The smallest absolute Gasteiger partial charge is 0.292 e. The third-order valence-corrected chi connectivity index (χ3v) is 6.49. The molecule has 0 saturated heterocycles. The maximum atomic E-state index is 13.2. The van der Waals surface area contributed by atoms with Crippen molar-refractivity contribution in [2.75, 3.05) is 5.32 Å². The number of nitro benzene ring substituents is 1. The van der Waals surface area contributed by atoms with Crippen LogP contribution in [0.2, 0.25) is 0 Å². The van der Waals surface area contributed by atoms with Gasteiger partial charge in [0.2, 0.25) is 5.91 Å². The minimum absolute atomic E-state index is 0.0735. The number of nitrogens with zero attached hydrogens (tertiary/aromatic N) is 1.